The SMILES string of the molecule is C[NH+](C)CC(C)(C)CNc1ccc(S(=O)(=O)N2CCCC2)cc1[N+](=O)[O-]. The van der Waals surface area contributed by atoms with E-state index in [4.69, 9.17) is 0 Å². The lowest BCUT2D eigenvalue weighted by Gasteiger charge is -2.26. The third kappa shape index (κ3) is 4.93. The van der Waals surface area contributed by atoms with Crippen LogP contribution in [-0.2, 0) is 10.0 Å². The molecule has 9 heteroatoms. The van der Waals surface area contributed by atoms with Crippen molar-refractivity contribution >= 4 is 21.4 Å². The number of anilines is 1. The zero-order valence-electron chi connectivity index (χ0n) is 15.9. The average molecular weight is 386 g/mol. The van der Waals surface area contributed by atoms with Gasteiger partial charge in [-0.15, -0.1) is 0 Å². The second-order valence-electron chi connectivity index (χ2n) is 7.95. The highest BCUT2D eigenvalue weighted by atomic mass is 32.2. The molecule has 0 spiro atoms. The number of nitro groups is 1. The number of sulfonamides is 1. The predicted octanol–water partition coefficient (Wildman–Crippen LogP) is 0.962. The molecule has 1 aromatic rings. The Balaban J connectivity index is 2.25. The highest BCUT2D eigenvalue weighted by molar-refractivity contribution is 7.89. The molecule has 146 valence electrons. The van der Waals surface area contributed by atoms with Gasteiger partial charge in [0.2, 0.25) is 10.0 Å². The summed E-state index contributed by atoms with van der Waals surface area (Å²) in [5.74, 6) is 0. The van der Waals surface area contributed by atoms with Crippen molar-refractivity contribution in [3.63, 3.8) is 0 Å². The molecule has 0 unspecified atom stereocenters. The highest BCUT2D eigenvalue weighted by Crippen LogP contribution is 2.30. The Bertz CT molecular complexity index is 756. The molecular formula is C17H29N4O4S+. The Morgan fingerprint density at radius 2 is 1.88 bits per heavy atom. The molecular weight excluding hydrogens is 356 g/mol. The van der Waals surface area contributed by atoms with Crippen LogP contribution >= 0.6 is 0 Å². The van der Waals surface area contributed by atoms with Crippen LogP contribution in [0.1, 0.15) is 26.7 Å². The summed E-state index contributed by atoms with van der Waals surface area (Å²) in [6.07, 6.45) is 1.65. The van der Waals surface area contributed by atoms with Gasteiger partial charge in [0, 0.05) is 31.1 Å². The molecule has 1 aromatic carbocycles. The van der Waals surface area contributed by atoms with Crippen LogP contribution in [0.4, 0.5) is 11.4 Å². The molecule has 0 bridgehead atoms. The van der Waals surface area contributed by atoms with E-state index < -0.39 is 14.9 Å². The number of hydrogen-bond donors (Lipinski definition) is 2. The molecule has 1 saturated heterocycles. The van der Waals surface area contributed by atoms with Gasteiger partial charge in [0.25, 0.3) is 5.69 Å². The summed E-state index contributed by atoms with van der Waals surface area (Å²) < 4.78 is 26.7. The van der Waals surface area contributed by atoms with Crippen LogP contribution in [0.3, 0.4) is 0 Å². The summed E-state index contributed by atoms with van der Waals surface area (Å²) in [5.41, 5.74) is 0.0722. The highest BCUT2D eigenvalue weighted by Gasteiger charge is 2.30. The minimum atomic E-state index is -3.67. The number of rotatable bonds is 8. The van der Waals surface area contributed by atoms with Crippen molar-refractivity contribution in [3.8, 4) is 0 Å². The summed E-state index contributed by atoms with van der Waals surface area (Å²) in [4.78, 5) is 12.2. The first-order chi connectivity index (χ1) is 12.0. The molecule has 0 amide bonds. The fraction of sp³-hybridized carbons (Fsp3) is 0.647. The second kappa shape index (κ2) is 7.89. The van der Waals surface area contributed by atoms with Crippen LogP contribution in [0, 0.1) is 15.5 Å². The van der Waals surface area contributed by atoms with E-state index in [2.05, 4.69) is 33.3 Å². The van der Waals surface area contributed by atoms with Gasteiger partial charge >= 0.3 is 0 Å². The molecule has 8 nitrogen and oxygen atoms in total. The summed E-state index contributed by atoms with van der Waals surface area (Å²) in [5, 5.41) is 14.6. The molecule has 1 fully saturated rings. The predicted molar refractivity (Wildman–Crippen MR) is 101 cm³/mol. The number of hydrogen-bond acceptors (Lipinski definition) is 5. The zero-order chi connectivity index (χ0) is 19.5. The standard InChI is InChI=1S/C17H28N4O4S/c1-17(2,13-19(3)4)12-18-15-8-7-14(11-16(15)21(22)23)26(24,25)20-9-5-6-10-20/h7-8,11,18H,5-6,9-10,12-13H2,1-4H3/p+1. The Hall–Kier alpha value is -1.71. The lowest BCUT2D eigenvalue weighted by Crippen LogP contribution is -3.07. The van der Waals surface area contributed by atoms with Gasteiger partial charge in [-0.3, -0.25) is 10.1 Å². The van der Waals surface area contributed by atoms with Gasteiger partial charge in [-0.1, -0.05) is 13.8 Å². The van der Waals surface area contributed by atoms with Gasteiger partial charge < -0.3 is 10.2 Å². The molecule has 0 atom stereocenters. The van der Waals surface area contributed by atoms with Crippen molar-refractivity contribution in [3.05, 3.63) is 28.3 Å². The van der Waals surface area contributed by atoms with Gasteiger partial charge in [0.05, 0.1) is 30.5 Å². The van der Waals surface area contributed by atoms with Crippen LogP contribution in [0.2, 0.25) is 0 Å². The molecule has 0 aromatic heterocycles. The minimum absolute atomic E-state index is 0.0198. The lowest BCUT2D eigenvalue weighted by atomic mass is 9.93. The van der Waals surface area contributed by atoms with Crippen molar-refractivity contribution in [1.29, 1.82) is 0 Å². The number of nitro benzene ring substituents is 1. The Morgan fingerprint density at radius 3 is 2.42 bits per heavy atom. The van der Waals surface area contributed by atoms with Crippen molar-refractivity contribution < 1.29 is 18.2 Å². The first-order valence-corrected chi connectivity index (χ1v) is 10.3. The van der Waals surface area contributed by atoms with Gasteiger partial charge in [0.1, 0.15) is 5.69 Å². The largest absolute Gasteiger partial charge is 0.379 e. The lowest BCUT2D eigenvalue weighted by molar-refractivity contribution is -0.865. The summed E-state index contributed by atoms with van der Waals surface area (Å²) >= 11 is 0. The Labute approximate surface area is 155 Å². The third-order valence-electron chi connectivity index (χ3n) is 4.46. The van der Waals surface area contributed by atoms with Crippen LogP contribution in [0.15, 0.2) is 23.1 Å². The van der Waals surface area contributed by atoms with Crippen molar-refractivity contribution in [2.24, 2.45) is 5.41 Å². The van der Waals surface area contributed by atoms with E-state index in [1.807, 2.05) is 0 Å². The summed E-state index contributed by atoms with van der Waals surface area (Å²) in [6, 6.07) is 4.12. The van der Waals surface area contributed by atoms with Crippen LogP contribution in [0.5, 0.6) is 0 Å². The zero-order valence-corrected chi connectivity index (χ0v) is 16.7. The number of benzene rings is 1. The van der Waals surface area contributed by atoms with E-state index in [0.29, 0.717) is 25.3 Å². The Morgan fingerprint density at radius 1 is 1.27 bits per heavy atom. The molecule has 1 aliphatic rings. The number of nitrogens with one attached hydrogen (secondary N) is 2. The fourth-order valence-electron chi connectivity index (χ4n) is 3.40. The maximum atomic E-state index is 12.6. The molecule has 0 saturated carbocycles. The quantitative estimate of drug-likeness (QED) is 0.513. The molecule has 0 radical (unpaired) electrons. The van der Waals surface area contributed by atoms with Crippen molar-refractivity contribution in [2.75, 3.05) is 45.6 Å². The van der Waals surface area contributed by atoms with Crippen LogP contribution in [0.25, 0.3) is 0 Å². The van der Waals surface area contributed by atoms with E-state index in [0.717, 1.165) is 19.4 Å². The maximum Gasteiger partial charge on any atom is 0.293 e. The van der Waals surface area contributed by atoms with E-state index in [1.165, 1.54) is 27.4 Å². The van der Waals surface area contributed by atoms with E-state index >= 15 is 0 Å². The van der Waals surface area contributed by atoms with E-state index in [-0.39, 0.29) is 16.0 Å². The third-order valence-corrected chi connectivity index (χ3v) is 6.35. The molecule has 2 N–H and O–H groups in total. The second-order valence-corrected chi connectivity index (χ2v) is 9.89. The van der Waals surface area contributed by atoms with Gasteiger partial charge in [-0.05, 0) is 25.0 Å². The molecule has 26 heavy (non-hydrogen) atoms. The normalized spacial score (nSPS) is 16.2. The van der Waals surface area contributed by atoms with Gasteiger partial charge in [-0.2, -0.15) is 4.31 Å². The topological polar surface area (TPSA) is 97.0 Å². The fourth-order valence-corrected chi connectivity index (χ4v) is 4.94. The first-order valence-electron chi connectivity index (χ1n) is 8.84. The molecule has 2 rings (SSSR count). The Kier molecular flexibility index (Phi) is 6.25. The maximum absolute atomic E-state index is 12.6. The monoisotopic (exact) mass is 385 g/mol. The van der Waals surface area contributed by atoms with Gasteiger partial charge in [-0.25, -0.2) is 8.42 Å². The van der Waals surface area contributed by atoms with Crippen LogP contribution < -0.4 is 10.2 Å². The van der Waals surface area contributed by atoms with Crippen molar-refractivity contribution in [1.82, 2.24) is 4.31 Å². The van der Waals surface area contributed by atoms with Crippen molar-refractivity contribution in [2.45, 2.75) is 31.6 Å². The van der Waals surface area contributed by atoms with E-state index in [1.54, 1.807) is 0 Å². The van der Waals surface area contributed by atoms with Crippen LogP contribution in [-0.4, -0.2) is 57.9 Å². The number of quaternary nitrogens is 1. The smallest absolute Gasteiger partial charge is 0.293 e. The van der Waals surface area contributed by atoms with Gasteiger partial charge in [0.15, 0.2) is 0 Å². The minimum Gasteiger partial charge on any atom is -0.379 e. The average Bonchev–Trinajstić information content (AvgIpc) is 3.06. The first kappa shape index (κ1) is 20.6. The van der Waals surface area contributed by atoms with E-state index in [9.17, 15) is 18.5 Å². The number of nitrogens with zero attached hydrogens (tertiary/aromatic N) is 2. The molecule has 1 aliphatic heterocycles. The summed E-state index contributed by atoms with van der Waals surface area (Å²) in [6.45, 7) is 6.57. The molecule has 1 heterocycles. The summed E-state index contributed by atoms with van der Waals surface area (Å²) in [7, 11) is 0.443. The molecule has 0 aliphatic carbocycles.